The van der Waals surface area contributed by atoms with Crippen LogP contribution in [-0.4, -0.2) is 39.5 Å². The van der Waals surface area contributed by atoms with Gasteiger partial charge in [-0.05, 0) is 29.8 Å². The lowest BCUT2D eigenvalue weighted by molar-refractivity contribution is -0.00179. The van der Waals surface area contributed by atoms with E-state index in [2.05, 4.69) is 20.6 Å². The minimum absolute atomic E-state index is 0.139. The Morgan fingerprint density at radius 3 is 2.89 bits per heavy atom. The van der Waals surface area contributed by atoms with Gasteiger partial charge in [0, 0.05) is 24.9 Å². The Morgan fingerprint density at radius 1 is 1.29 bits per heavy atom. The highest BCUT2D eigenvalue weighted by Crippen LogP contribution is 2.28. The van der Waals surface area contributed by atoms with E-state index in [1.54, 1.807) is 18.0 Å². The molecule has 1 unspecified atom stereocenters. The Balaban J connectivity index is 1.38. The van der Waals surface area contributed by atoms with Crippen molar-refractivity contribution in [2.45, 2.75) is 25.7 Å². The average Bonchev–Trinajstić information content (AvgIpc) is 3.18. The van der Waals surface area contributed by atoms with Gasteiger partial charge in [0.25, 0.3) is 5.91 Å². The molecule has 144 valence electrons. The van der Waals surface area contributed by atoms with Gasteiger partial charge in [0.05, 0.1) is 26.0 Å². The molecule has 0 saturated heterocycles. The van der Waals surface area contributed by atoms with Gasteiger partial charge in [-0.15, -0.1) is 5.10 Å². The van der Waals surface area contributed by atoms with Crippen molar-refractivity contribution >= 4 is 5.91 Å². The van der Waals surface area contributed by atoms with Crippen molar-refractivity contribution in [1.29, 1.82) is 0 Å². The van der Waals surface area contributed by atoms with Crippen LogP contribution in [0.3, 0.4) is 0 Å². The molecule has 28 heavy (non-hydrogen) atoms. The molecule has 2 aromatic heterocycles. The van der Waals surface area contributed by atoms with Gasteiger partial charge in [0.15, 0.2) is 5.69 Å². The van der Waals surface area contributed by atoms with Crippen molar-refractivity contribution in [3.63, 3.8) is 0 Å². The predicted octanol–water partition coefficient (Wildman–Crippen LogP) is 1.93. The number of aromatic nitrogens is 4. The summed E-state index contributed by atoms with van der Waals surface area (Å²) < 4.78 is 12.9. The van der Waals surface area contributed by atoms with Gasteiger partial charge in [-0.25, -0.2) is 4.68 Å². The van der Waals surface area contributed by atoms with Crippen molar-refractivity contribution in [2.24, 2.45) is 0 Å². The van der Waals surface area contributed by atoms with Crippen molar-refractivity contribution in [3.8, 4) is 5.75 Å². The first-order valence-corrected chi connectivity index (χ1v) is 9.10. The van der Waals surface area contributed by atoms with E-state index in [0.29, 0.717) is 30.9 Å². The number of carbonyl (C=O) groups excluding carboxylic acids is 1. The average molecular weight is 379 g/mol. The fraction of sp³-hybridized carbons (Fsp3) is 0.300. The number of nitrogens with one attached hydrogen (secondary N) is 1. The van der Waals surface area contributed by atoms with Crippen molar-refractivity contribution < 1.29 is 14.3 Å². The number of carbonyl (C=O) groups is 1. The highest BCUT2D eigenvalue weighted by atomic mass is 16.5. The van der Waals surface area contributed by atoms with Crippen molar-refractivity contribution in [3.05, 3.63) is 71.3 Å². The van der Waals surface area contributed by atoms with E-state index in [4.69, 9.17) is 9.47 Å². The third-order valence-electron chi connectivity index (χ3n) is 4.69. The predicted molar refractivity (Wildman–Crippen MR) is 101 cm³/mol. The molecule has 4 rings (SSSR count). The number of methoxy groups -OCH3 is 1. The fourth-order valence-corrected chi connectivity index (χ4v) is 3.14. The zero-order valence-corrected chi connectivity index (χ0v) is 15.5. The smallest absolute Gasteiger partial charge is 0.273 e. The van der Waals surface area contributed by atoms with Gasteiger partial charge in [-0.2, -0.15) is 0 Å². The highest BCUT2D eigenvalue weighted by Gasteiger charge is 2.27. The van der Waals surface area contributed by atoms with Crippen LogP contribution in [0.15, 0.2) is 48.7 Å². The molecule has 1 aromatic carbocycles. The topological polar surface area (TPSA) is 91.2 Å². The zero-order valence-electron chi connectivity index (χ0n) is 15.5. The SMILES string of the molecule is COc1ccc(C2Cn3nnc(C(=O)NCCc4ccccn4)c3CO2)cc1. The minimum Gasteiger partial charge on any atom is -0.497 e. The normalized spacial score (nSPS) is 15.7. The van der Waals surface area contributed by atoms with Crippen LogP contribution in [0, 0.1) is 0 Å². The number of amides is 1. The Morgan fingerprint density at radius 2 is 2.14 bits per heavy atom. The molecule has 1 amide bonds. The summed E-state index contributed by atoms with van der Waals surface area (Å²) in [5, 5.41) is 11.1. The highest BCUT2D eigenvalue weighted by molar-refractivity contribution is 5.93. The van der Waals surface area contributed by atoms with E-state index >= 15 is 0 Å². The molecule has 0 radical (unpaired) electrons. The lowest BCUT2D eigenvalue weighted by atomic mass is 10.1. The number of benzene rings is 1. The molecule has 3 aromatic rings. The van der Waals surface area contributed by atoms with Gasteiger partial charge >= 0.3 is 0 Å². The van der Waals surface area contributed by atoms with E-state index in [-0.39, 0.29) is 18.6 Å². The second-order valence-electron chi connectivity index (χ2n) is 6.47. The lowest BCUT2D eigenvalue weighted by Crippen LogP contribution is -2.29. The maximum absolute atomic E-state index is 12.5. The number of ether oxygens (including phenoxy) is 2. The van der Waals surface area contributed by atoms with E-state index in [1.807, 2.05) is 42.5 Å². The molecule has 8 nitrogen and oxygen atoms in total. The summed E-state index contributed by atoms with van der Waals surface area (Å²) in [4.78, 5) is 16.7. The van der Waals surface area contributed by atoms with Crippen LogP contribution in [0.5, 0.6) is 5.75 Å². The van der Waals surface area contributed by atoms with Crippen molar-refractivity contribution in [2.75, 3.05) is 13.7 Å². The summed E-state index contributed by atoms with van der Waals surface area (Å²) in [5.74, 6) is 0.550. The van der Waals surface area contributed by atoms with Crippen LogP contribution in [0.4, 0.5) is 0 Å². The van der Waals surface area contributed by atoms with Gasteiger partial charge in [-0.3, -0.25) is 9.78 Å². The summed E-state index contributed by atoms with van der Waals surface area (Å²) in [5.41, 5.74) is 2.97. The van der Waals surface area contributed by atoms with Crippen LogP contribution in [0.2, 0.25) is 0 Å². The molecule has 0 fully saturated rings. The number of fused-ring (bicyclic) bond motifs is 1. The Bertz CT molecular complexity index is 940. The van der Waals surface area contributed by atoms with Crippen molar-refractivity contribution in [1.82, 2.24) is 25.3 Å². The van der Waals surface area contributed by atoms with Crippen LogP contribution >= 0.6 is 0 Å². The number of rotatable bonds is 6. The molecular weight excluding hydrogens is 358 g/mol. The van der Waals surface area contributed by atoms with Crippen LogP contribution < -0.4 is 10.1 Å². The third-order valence-corrected chi connectivity index (χ3v) is 4.69. The molecule has 0 saturated carbocycles. The van der Waals surface area contributed by atoms with E-state index in [0.717, 1.165) is 17.0 Å². The van der Waals surface area contributed by atoms with Gasteiger partial charge in [-0.1, -0.05) is 23.4 Å². The monoisotopic (exact) mass is 379 g/mol. The quantitative estimate of drug-likeness (QED) is 0.704. The molecule has 3 heterocycles. The second-order valence-corrected chi connectivity index (χ2v) is 6.47. The van der Waals surface area contributed by atoms with Crippen LogP contribution in [0.25, 0.3) is 0 Å². The van der Waals surface area contributed by atoms with E-state index in [9.17, 15) is 4.79 Å². The maximum atomic E-state index is 12.5. The molecule has 1 atom stereocenters. The lowest BCUT2D eigenvalue weighted by Gasteiger charge is -2.24. The summed E-state index contributed by atoms with van der Waals surface area (Å²) in [6.45, 7) is 1.28. The fourth-order valence-electron chi connectivity index (χ4n) is 3.14. The Kier molecular flexibility index (Phi) is 5.29. The van der Waals surface area contributed by atoms with Crippen LogP contribution in [-0.2, 0) is 24.3 Å². The largest absolute Gasteiger partial charge is 0.497 e. The van der Waals surface area contributed by atoms with E-state index in [1.165, 1.54) is 0 Å². The first-order chi connectivity index (χ1) is 13.7. The van der Waals surface area contributed by atoms with Gasteiger partial charge in [0.2, 0.25) is 0 Å². The Labute approximate surface area is 162 Å². The zero-order chi connectivity index (χ0) is 19.3. The molecule has 8 heteroatoms. The standard InChI is InChI=1S/C20H21N5O3/c1-27-16-7-5-14(6-8-16)18-12-25-17(13-28-18)19(23-24-25)20(26)22-11-9-15-4-2-3-10-21-15/h2-8,10,18H,9,11-13H2,1H3,(H,22,26). The number of hydrogen-bond acceptors (Lipinski definition) is 6. The van der Waals surface area contributed by atoms with Crippen LogP contribution in [0.1, 0.15) is 33.5 Å². The molecule has 0 bridgehead atoms. The van der Waals surface area contributed by atoms with Gasteiger partial charge in [0.1, 0.15) is 11.9 Å². The number of hydrogen-bond donors (Lipinski definition) is 1. The molecule has 1 aliphatic heterocycles. The summed E-state index contributed by atoms with van der Waals surface area (Å²) in [6, 6.07) is 13.5. The third kappa shape index (κ3) is 3.86. The molecule has 0 aliphatic carbocycles. The molecule has 1 N–H and O–H groups in total. The molecule has 1 aliphatic rings. The second kappa shape index (κ2) is 8.18. The first kappa shape index (κ1) is 18.1. The number of nitrogens with zero attached hydrogens (tertiary/aromatic N) is 4. The number of pyridine rings is 1. The summed E-state index contributed by atoms with van der Waals surface area (Å²) in [7, 11) is 1.64. The molecule has 0 spiro atoms. The Hall–Kier alpha value is -3.26. The van der Waals surface area contributed by atoms with E-state index < -0.39 is 0 Å². The minimum atomic E-state index is -0.247. The summed E-state index contributed by atoms with van der Waals surface area (Å²) in [6.07, 6.45) is 2.26. The maximum Gasteiger partial charge on any atom is 0.273 e. The van der Waals surface area contributed by atoms with Gasteiger partial charge < -0.3 is 14.8 Å². The molecular formula is C20H21N5O3. The first-order valence-electron chi connectivity index (χ1n) is 9.10. The summed E-state index contributed by atoms with van der Waals surface area (Å²) >= 11 is 0.